The lowest BCUT2D eigenvalue weighted by Crippen LogP contribution is -2.26. The van der Waals surface area contributed by atoms with Gasteiger partial charge in [0.1, 0.15) is 0 Å². The van der Waals surface area contributed by atoms with Crippen LogP contribution in [0.15, 0.2) is 48.5 Å². The van der Waals surface area contributed by atoms with E-state index < -0.39 is 5.97 Å². The van der Waals surface area contributed by atoms with Crippen LogP contribution in [0.25, 0.3) is 21.8 Å². The highest BCUT2D eigenvalue weighted by molar-refractivity contribution is 6.04. The largest absolute Gasteiger partial charge is 0.461 e. The van der Waals surface area contributed by atoms with Crippen molar-refractivity contribution in [2.75, 3.05) is 13.2 Å². The van der Waals surface area contributed by atoms with Crippen molar-refractivity contribution >= 4 is 33.7 Å². The predicted octanol–water partition coefficient (Wildman–Crippen LogP) is 2.42. The van der Waals surface area contributed by atoms with Gasteiger partial charge in [-0.05, 0) is 18.6 Å². The van der Waals surface area contributed by atoms with E-state index in [4.69, 9.17) is 4.74 Å². The van der Waals surface area contributed by atoms with Gasteiger partial charge >= 0.3 is 5.97 Å². The van der Waals surface area contributed by atoms with Gasteiger partial charge in [-0.2, -0.15) is 10.2 Å². The van der Waals surface area contributed by atoms with E-state index in [9.17, 15) is 9.59 Å². The summed E-state index contributed by atoms with van der Waals surface area (Å²) in [6.45, 7) is 0.552. The van der Waals surface area contributed by atoms with Crippen molar-refractivity contribution in [2.24, 2.45) is 0 Å². The summed E-state index contributed by atoms with van der Waals surface area (Å²) >= 11 is 0. The van der Waals surface area contributed by atoms with Gasteiger partial charge < -0.3 is 10.1 Å². The molecule has 0 atom stereocenters. The Kier molecular flexibility index (Phi) is 4.52. The fourth-order valence-electron chi connectivity index (χ4n) is 2.85. The first-order valence-electron chi connectivity index (χ1n) is 8.55. The van der Waals surface area contributed by atoms with Crippen LogP contribution < -0.4 is 5.32 Å². The van der Waals surface area contributed by atoms with Gasteiger partial charge in [0.05, 0.1) is 17.6 Å². The van der Waals surface area contributed by atoms with Gasteiger partial charge in [-0.1, -0.05) is 36.4 Å². The summed E-state index contributed by atoms with van der Waals surface area (Å²) in [5.41, 5.74) is 2.20. The Hall–Kier alpha value is -3.68. The van der Waals surface area contributed by atoms with Crippen LogP contribution in [0.5, 0.6) is 0 Å². The molecule has 8 nitrogen and oxygen atoms in total. The van der Waals surface area contributed by atoms with Crippen molar-refractivity contribution < 1.29 is 14.3 Å². The van der Waals surface area contributed by atoms with Gasteiger partial charge in [0.2, 0.25) is 0 Å². The summed E-state index contributed by atoms with van der Waals surface area (Å²) < 4.78 is 5.24. The Morgan fingerprint density at radius 3 is 2.19 bits per heavy atom. The molecular formula is C19H17N5O3. The highest BCUT2D eigenvalue weighted by Gasteiger charge is 2.16. The lowest BCUT2D eigenvalue weighted by molar-refractivity contribution is 0.0496. The molecular weight excluding hydrogens is 346 g/mol. The molecule has 2 aromatic carbocycles. The van der Waals surface area contributed by atoms with E-state index in [1.54, 1.807) is 0 Å². The number of nitrogens with one attached hydrogen (secondary N) is 3. The standard InChI is InChI=1S/C19H17N5O3/c25-18(16-12-6-1-3-8-14(12)21-23-16)20-10-5-11-27-19(26)17-13-7-2-4-9-15(13)22-24-17/h1-4,6-9H,5,10-11H2,(H,20,25)(H,21,23)(H,22,24). The molecule has 1 amide bonds. The topological polar surface area (TPSA) is 113 Å². The Morgan fingerprint density at radius 1 is 0.889 bits per heavy atom. The number of H-pyrrole nitrogens is 2. The first kappa shape index (κ1) is 16.8. The second-order valence-electron chi connectivity index (χ2n) is 5.98. The van der Waals surface area contributed by atoms with Crippen LogP contribution in [-0.4, -0.2) is 45.4 Å². The Labute approximate surface area is 153 Å². The highest BCUT2D eigenvalue weighted by atomic mass is 16.5. The van der Waals surface area contributed by atoms with Crippen LogP contribution in [0, 0.1) is 0 Å². The molecule has 0 spiro atoms. The summed E-state index contributed by atoms with van der Waals surface area (Å²) in [5.74, 6) is -0.755. The average Bonchev–Trinajstić information content (AvgIpc) is 3.32. The quantitative estimate of drug-likeness (QED) is 0.360. The molecule has 0 saturated carbocycles. The third kappa shape index (κ3) is 3.37. The molecule has 136 valence electrons. The third-order valence-corrected chi connectivity index (χ3v) is 4.19. The maximum atomic E-state index is 12.2. The van der Waals surface area contributed by atoms with Crippen molar-refractivity contribution in [1.82, 2.24) is 25.7 Å². The summed E-state index contributed by atoms with van der Waals surface area (Å²) in [5, 5.41) is 18.0. The highest BCUT2D eigenvalue weighted by Crippen LogP contribution is 2.16. The zero-order valence-electron chi connectivity index (χ0n) is 14.4. The molecule has 4 aromatic rings. The number of hydrogen-bond donors (Lipinski definition) is 3. The number of ether oxygens (including phenoxy) is 1. The van der Waals surface area contributed by atoms with E-state index in [1.165, 1.54) is 0 Å². The fraction of sp³-hybridized carbons (Fsp3) is 0.158. The zero-order valence-corrected chi connectivity index (χ0v) is 14.4. The second kappa shape index (κ2) is 7.28. The van der Waals surface area contributed by atoms with Crippen LogP contribution in [-0.2, 0) is 4.74 Å². The molecule has 0 radical (unpaired) electrons. The van der Waals surface area contributed by atoms with Crippen LogP contribution in [0.4, 0.5) is 0 Å². The van der Waals surface area contributed by atoms with Gasteiger partial charge in [-0.25, -0.2) is 4.79 Å². The number of rotatable bonds is 6. The van der Waals surface area contributed by atoms with Gasteiger partial charge in [0.15, 0.2) is 11.4 Å². The van der Waals surface area contributed by atoms with Crippen LogP contribution in [0.3, 0.4) is 0 Å². The molecule has 0 aliphatic carbocycles. The SMILES string of the molecule is O=C(NCCCOC(=O)c1n[nH]c2ccccc12)c1n[nH]c2ccccc12. The van der Waals surface area contributed by atoms with Crippen LogP contribution >= 0.6 is 0 Å². The molecule has 4 rings (SSSR count). The number of carbonyl (C=O) groups excluding carboxylic acids is 2. The van der Waals surface area contributed by atoms with Crippen LogP contribution in [0.1, 0.15) is 27.4 Å². The molecule has 27 heavy (non-hydrogen) atoms. The van der Waals surface area contributed by atoms with Crippen molar-refractivity contribution in [3.8, 4) is 0 Å². The fourth-order valence-corrected chi connectivity index (χ4v) is 2.85. The first-order chi connectivity index (χ1) is 13.2. The van der Waals surface area contributed by atoms with E-state index in [1.807, 2.05) is 48.5 Å². The monoisotopic (exact) mass is 363 g/mol. The summed E-state index contributed by atoms with van der Waals surface area (Å²) in [7, 11) is 0. The number of benzene rings is 2. The maximum absolute atomic E-state index is 12.2. The van der Waals surface area contributed by atoms with Crippen molar-refractivity contribution in [1.29, 1.82) is 0 Å². The first-order valence-corrected chi connectivity index (χ1v) is 8.55. The molecule has 0 bridgehead atoms. The number of esters is 1. The molecule has 8 heteroatoms. The molecule has 2 aromatic heterocycles. The van der Waals surface area contributed by atoms with E-state index in [0.717, 1.165) is 21.8 Å². The summed E-state index contributed by atoms with van der Waals surface area (Å²) in [4.78, 5) is 24.4. The number of para-hydroxylation sites is 2. The van der Waals surface area contributed by atoms with Crippen LogP contribution in [0.2, 0.25) is 0 Å². The number of hydrogen-bond acceptors (Lipinski definition) is 5. The minimum Gasteiger partial charge on any atom is -0.461 e. The minimum atomic E-state index is -0.489. The number of carbonyl (C=O) groups is 2. The molecule has 2 heterocycles. The molecule has 0 fully saturated rings. The normalized spacial score (nSPS) is 11.0. The zero-order chi connectivity index (χ0) is 18.6. The van der Waals surface area contributed by atoms with Gasteiger partial charge in [0, 0.05) is 17.3 Å². The average molecular weight is 363 g/mol. The summed E-state index contributed by atoms with van der Waals surface area (Å²) in [6, 6.07) is 14.8. The molecule has 0 unspecified atom stereocenters. The minimum absolute atomic E-state index is 0.182. The van der Waals surface area contributed by atoms with E-state index in [0.29, 0.717) is 18.7 Å². The third-order valence-electron chi connectivity index (χ3n) is 4.19. The van der Waals surface area contributed by atoms with E-state index >= 15 is 0 Å². The number of fused-ring (bicyclic) bond motifs is 2. The Morgan fingerprint density at radius 2 is 1.48 bits per heavy atom. The number of nitrogens with zero attached hydrogens (tertiary/aromatic N) is 2. The predicted molar refractivity (Wildman–Crippen MR) is 99.4 cm³/mol. The molecule has 3 N–H and O–H groups in total. The Balaban J connectivity index is 1.27. The lowest BCUT2D eigenvalue weighted by atomic mass is 10.2. The Bertz CT molecular complexity index is 1030. The number of aromatic nitrogens is 4. The van der Waals surface area contributed by atoms with Crippen molar-refractivity contribution in [3.05, 3.63) is 59.9 Å². The van der Waals surface area contributed by atoms with Gasteiger partial charge in [0.25, 0.3) is 5.91 Å². The van der Waals surface area contributed by atoms with Crippen molar-refractivity contribution in [2.45, 2.75) is 6.42 Å². The molecule has 0 aliphatic heterocycles. The number of aromatic amines is 2. The lowest BCUT2D eigenvalue weighted by Gasteiger charge is -2.05. The van der Waals surface area contributed by atoms with E-state index in [-0.39, 0.29) is 18.2 Å². The smallest absolute Gasteiger partial charge is 0.359 e. The van der Waals surface area contributed by atoms with Gasteiger partial charge in [-0.3, -0.25) is 15.0 Å². The number of amides is 1. The second-order valence-corrected chi connectivity index (χ2v) is 5.98. The van der Waals surface area contributed by atoms with E-state index in [2.05, 4.69) is 25.7 Å². The summed E-state index contributed by atoms with van der Waals surface area (Å²) in [6.07, 6.45) is 0.488. The molecule has 0 saturated heterocycles. The van der Waals surface area contributed by atoms with Gasteiger partial charge in [-0.15, -0.1) is 0 Å². The maximum Gasteiger partial charge on any atom is 0.359 e. The molecule has 0 aliphatic rings. The van der Waals surface area contributed by atoms with Crippen molar-refractivity contribution in [3.63, 3.8) is 0 Å².